The molecule has 5 unspecified atom stereocenters. The maximum atomic E-state index is 9.94. The minimum atomic E-state index is -1.17. The number of aliphatic hydroxyl groups is 3. The molecule has 1 heterocycles. The zero-order valence-corrected chi connectivity index (χ0v) is 11.8. The van der Waals surface area contributed by atoms with Gasteiger partial charge in [-0.25, -0.2) is 0 Å². The van der Waals surface area contributed by atoms with Crippen molar-refractivity contribution in [1.82, 2.24) is 0 Å². The van der Waals surface area contributed by atoms with Crippen LogP contribution in [0.25, 0.3) is 0 Å². The van der Waals surface area contributed by atoms with Gasteiger partial charge in [0.25, 0.3) is 0 Å². The van der Waals surface area contributed by atoms with Gasteiger partial charge < -0.3 is 39.0 Å². The van der Waals surface area contributed by atoms with E-state index in [0.29, 0.717) is 13.2 Å². The van der Waals surface area contributed by atoms with Crippen molar-refractivity contribution < 1.29 is 39.0 Å². The van der Waals surface area contributed by atoms with E-state index >= 15 is 0 Å². The molecule has 0 radical (unpaired) electrons. The fourth-order valence-electron chi connectivity index (χ4n) is 2.01. The molecule has 0 spiro atoms. The highest BCUT2D eigenvalue weighted by Crippen LogP contribution is 2.23. The van der Waals surface area contributed by atoms with Gasteiger partial charge in [-0.2, -0.15) is 0 Å². The molecule has 20 heavy (non-hydrogen) atoms. The lowest BCUT2D eigenvalue weighted by molar-refractivity contribution is -0.300. The van der Waals surface area contributed by atoms with Gasteiger partial charge >= 0.3 is 0 Å². The molecule has 1 aliphatic heterocycles. The van der Waals surface area contributed by atoms with Gasteiger partial charge in [-0.15, -0.1) is 0 Å². The molecule has 0 aliphatic carbocycles. The van der Waals surface area contributed by atoms with Crippen LogP contribution in [0, 0.1) is 0 Å². The van der Waals surface area contributed by atoms with Gasteiger partial charge in [0.1, 0.15) is 24.4 Å². The largest absolute Gasteiger partial charge is 0.394 e. The highest BCUT2D eigenvalue weighted by Gasteiger charge is 2.45. The summed E-state index contributed by atoms with van der Waals surface area (Å²) in [6.07, 6.45) is -4.46. The van der Waals surface area contributed by atoms with Crippen LogP contribution in [0.15, 0.2) is 0 Å². The van der Waals surface area contributed by atoms with Crippen LogP contribution in [0.1, 0.15) is 0 Å². The number of hydrogen-bond acceptors (Lipinski definition) is 8. The third kappa shape index (κ3) is 4.90. The van der Waals surface area contributed by atoms with Crippen molar-refractivity contribution >= 4 is 0 Å². The molecule has 0 bridgehead atoms. The summed E-state index contributed by atoms with van der Waals surface area (Å²) >= 11 is 0. The second-order valence-corrected chi connectivity index (χ2v) is 4.37. The SMILES string of the molecule is COC1OC(COCCOCCO)C(OC)C(O)C1O. The third-order valence-electron chi connectivity index (χ3n) is 3.03. The number of aliphatic hydroxyl groups excluding tert-OH is 3. The Kier molecular flexibility index (Phi) is 8.50. The molecule has 8 nitrogen and oxygen atoms in total. The van der Waals surface area contributed by atoms with Gasteiger partial charge in [-0.3, -0.25) is 0 Å². The topological polar surface area (TPSA) is 107 Å². The lowest BCUT2D eigenvalue weighted by atomic mass is 9.99. The van der Waals surface area contributed by atoms with E-state index in [1.165, 1.54) is 14.2 Å². The van der Waals surface area contributed by atoms with E-state index in [2.05, 4.69) is 0 Å². The lowest BCUT2D eigenvalue weighted by Gasteiger charge is -2.41. The predicted molar refractivity (Wildman–Crippen MR) is 67.2 cm³/mol. The Morgan fingerprint density at radius 2 is 1.65 bits per heavy atom. The first-order valence-corrected chi connectivity index (χ1v) is 6.49. The highest BCUT2D eigenvalue weighted by molar-refractivity contribution is 4.90. The predicted octanol–water partition coefficient (Wildman–Crippen LogP) is -1.88. The molecule has 0 aromatic carbocycles. The Morgan fingerprint density at radius 1 is 0.950 bits per heavy atom. The Labute approximate surface area is 118 Å². The second-order valence-electron chi connectivity index (χ2n) is 4.37. The molecule has 1 fully saturated rings. The average Bonchev–Trinajstić information content (AvgIpc) is 2.46. The van der Waals surface area contributed by atoms with Crippen LogP contribution >= 0.6 is 0 Å². The van der Waals surface area contributed by atoms with Crippen molar-refractivity contribution in [3.05, 3.63) is 0 Å². The highest BCUT2D eigenvalue weighted by atomic mass is 16.7. The van der Waals surface area contributed by atoms with Gasteiger partial charge in [0, 0.05) is 14.2 Å². The van der Waals surface area contributed by atoms with Crippen LogP contribution in [-0.4, -0.2) is 93.3 Å². The summed E-state index contributed by atoms with van der Waals surface area (Å²) in [5.41, 5.74) is 0. The van der Waals surface area contributed by atoms with E-state index in [9.17, 15) is 10.2 Å². The Hall–Kier alpha value is -0.320. The molecule has 0 amide bonds. The minimum absolute atomic E-state index is 0.0307. The summed E-state index contributed by atoms with van der Waals surface area (Å²) in [7, 11) is 2.81. The summed E-state index contributed by atoms with van der Waals surface area (Å²) in [6, 6.07) is 0. The molecule has 120 valence electrons. The summed E-state index contributed by atoms with van der Waals surface area (Å²) in [4.78, 5) is 0. The smallest absolute Gasteiger partial charge is 0.186 e. The van der Waals surface area contributed by atoms with Crippen molar-refractivity contribution in [2.75, 3.05) is 47.3 Å². The minimum Gasteiger partial charge on any atom is -0.394 e. The van der Waals surface area contributed by atoms with Crippen molar-refractivity contribution in [3.63, 3.8) is 0 Å². The number of hydrogen-bond donors (Lipinski definition) is 3. The molecule has 5 atom stereocenters. The third-order valence-corrected chi connectivity index (χ3v) is 3.03. The number of ether oxygens (including phenoxy) is 5. The monoisotopic (exact) mass is 296 g/mol. The fraction of sp³-hybridized carbons (Fsp3) is 1.00. The zero-order valence-electron chi connectivity index (χ0n) is 11.8. The summed E-state index contributed by atoms with van der Waals surface area (Å²) < 4.78 is 26.0. The molecular formula is C12H24O8. The van der Waals surface area contributed by atoms with E-state index < -0.39 is 30.7 Å². The van der Waals surface area contributed by atoms with Crippen LogP contribution in [0.3, 0.4) is 0 Å². The molecule has 0 saturated carbocycles. The zero-order chi connectivity index (χ0) is 15.0. The van der Waals surface area contributed by atoms with Gasteiger partial charge in [0.05, 0.1) is 33.0 Å². The molecule has 1 rings (SSSR count). The first-order chi connectivity index (χ1) is 9.65. The maximum Gasteiger partial charge on any atom is 0.186 e. The van der Waals surface area contributed by atoms with E-state index in [4.69, 9.17) is 28.8 Å². The van der Waals surface area contributed by atoms with E-state index in [1.807, 2.05) is 0 Å². The van der Waals surface area contributed by atoms with E-state index in [0.717, 1.165) is 0 Å². The van der Waals surface area contributed by atoms with Crippen molar-refractivity contribution in [3.8, 4) is 0 Å². The van der Waals surface area contributed by atoms with E-state index in [-0.39, 0.29) is 19.8 Å². The molecule has 8 heteroatoms. The Balaban J connectivity index is 2.37. The van der Waals surface area contributed by atoms with Crippen molar-refractivity contribution in [2.45, 2.75) is 30.7 Å². The maximum absolute atomic E-state index is 9.94. The lowest BCUT2D eigenvalue weighted by Crippen LogP contribution is -2.59. The quantitative estimate of drug-likeness (QED) is 0.424. The molecular weight excluding hydrogens is 272 g/mol. The molecule has 3 N–H and O–H groups in total. The normalized spacial score (nSPS) is 34.4. The van der Waals surface area contributed by atoms with Gasteiger partial charge in [0.15, 0.2) is 6.29 Å². The van der Waals surface area contributed by atoms with Crippen LogP contribution in [0.2, 0.25) is 0 Å². The average molecular weight is 296 g/mol. The first-order valence-electron chi connectivity index (χ1n) is 6.49. The van der Waals surface area contributed by atoms with Gasteiger partial charge in [-0.1, -0.05) is 0 Å². The Bertz CT molecular complexity index is 252. The molecule has 0 aromatic rings. The molecule has 1 aliphatic rings. The second kappa shape index (κ2) is 9.59. The summed E-state index contributed by atoms with van der Waals surface area (Å²) in [5, 5.41) is 28.2. The number of methoxy groups -OCH3 is 2. The van der Waals surface area contributed by atoms with Gasteiger partial charge in [0.2, 0.25) is 0 Å². The summed E-state index contributed by atoms with van der Waals surface area (Å²) in [6.45, 7) is 1.08. The molecule has 0 aromatic heterocycles. The Morgan fingerprint density at radius 3 is 2.25 bits per heavy atom. The van der Waals surface area contributed by atoms with Crippen molar-refractivity contribution in [1.29, 1.82) is 0 Å². The van der Waals surface area contributed by atoms with E-state index in [1.54, 1.807) is 0 Å². The summed E-state index contributed by atoms with van der Waals surface area (Å²) in [5.74, 6) is 0. The number of rotatable bonds is 9. The van der Waals surface area contributed by atoms with Gasteiger partial charge in [-0.05, 0) is 0 Å². The first kappa shape index (κ1) is 17.7. The van der Waals surface area contributed by atoms with Crippen LogP contribution in [-0.2, 0) is 23.7 Å². The van der Waals surface area contributed by atoms with Crippen LogP contribution in [0.4, 0.5) is 0 Å². The van der Waals surface area contributed by atoms with Crippen molar-refractivity contribution in [2.24, 2.45) is 0 Å². The fourth-order valence-corrected chi connectivity index (χ4v) is 2.01. The molecule has 1 saturated heterocycles. The van der Waals surface area contributed by atoms with Crippen LogP contribution in [0.5, 0.6) is 0 Å². The van der Waals surface area contributed by atoms with Crippen LogP contribution < -0.4 is 0 Å². The standard InChI is InChI=1S/C12H24O8/c1-16-11-8(7-19-6-5-18-4-3-13)20-12(17-2)10(15)9(11)14/h8-15H,3-7H2,1-2H3.